The minimum absolute atomic E-state index is 0.0372. The lowest BCUT2D eigenvalue weighted by Crippen LogP contribution is -2.65. The minimum Gasteiger partial charge on any atom is -0.508 e. The number of carbonyl (C=O) groups is 5. The smallest absolute Gasteiger partial charge is 0.315 e. The largest absolute Gasteiger partial charge is 0.508 e. The predicted molar refractivity (Wildman–Crippen MR) is 134 cm³/mol. The van der Waals surface area contributed by atoms with Gasteiger partial charge < -0.3 is 36.2 Å². The van der Waals surface area contributed by atoms with Crippen LogP contribution in [0.2, 0.25) is 0 Å². The molecule has 208 valence electrons. The van der Waals surface area contributed by atoms with Crippen LogP contribution in [0, 0.1) is 11.8 Å². The summed E-state index contributed by atoms with van der Waals surface area (Å²) in [6.45, 7) is 1.66. The number of nitrogens with one attached hydrogen (secondary N) is 1. The number of ether oxygens (including phenoxy) is 1. The van der Waals surface area contributed by atoms with Gasteiger partial charge in [-0.15, -0.1) is 0 Å². The number of Topliss-reactive ketones (excluding diaryl/α,β-unsaturated/α-hetero) is 2. The number of phenolic OH excluding ortho intramolecular Hbond substituents is 1. The Morgan fingerprint density at radius 1 is 1.18 bits per heavy atom. The Bertz CT molecular complexity index is 1380. The maximum Gasteiger partial charge on any atom is 0.315 e. The molecule has 1 aromatic carbocycles. The van der Waals surface area contributed by atoms with E-state index in [-0.39, 0.29) is 36.3 Å². The number of aromatic hydroxyl groups is 1. The summed E-state index contributed by atoms with van der Waals surface area (Å²) in [7, 11) is 3.03. The van der Waals surface area contributed by atoms with Crippen LogP contribution in [0.3, 0.4) is 0 Å². The second-order valence-corrected chi connectivity index (χ2v) is 9.99. The first-order valence-electron chi connectivity index (χ1n) is 12.2. The molecular formula is C26H29N3O10. The number of anilines is 1. The Morgan fingerprint density at radius 2 is 1.85 bits per heavy atom. The molecule has 4 atom stereocenters. The van der Waals surface area contributed by atoms with Gasteiger partial charge in [-0.05, 0) is 51.4 Å². The molecule has 0 spiro atoms. The molecule has 7 N–H and O–H groups in total. The molecule has 0 heterocycles. The summed E-state index contributed by atoms with van der Waals surface area (Å²) >= 11 is 0. The highest BCUT2D eigenvalue weighted by molar-refractivity contribution is 6.24. The number of nitrogens with two attached hydrogens (primary N) is 1. The average molecular weight is 544 g/mol. The molecule has 4 unspecified atom stereocenters. The summed E-state index contributed by atoms with van der Waals surface area (Å²) in [4.78, 5) is 64.2. The van der Waals surface area contributed by atoms with Gasteiger partial charge in [0.05, 0.1) is 23.9 Å². The highest BCUT2D eigenvalue weighted by Crippen LogP contribution is 2.53. The number of ketones is 2. The third-order valence-corrected chi connectivity index (χ3v) is 7.48. The van der Waals surface area contributed by atoms with E-state index in [0.29, 0.717) is 5.56 Å². The summed E-state index contributed by atoms with van der Waals surface area (Å²) in [6, 6.07) is 1.72. The predicted octanol–water partition coefficient (Wildman–Crippen LogP) is -0.144. The number of primary amides is 1. The van der Waals surface area contributed by atoms with E-state index >= 15 is 0 Å². The fourth-order valence-corrected chi connectivity index (χ4v) is 5.86. The van der Waals surface area contributed by atoms with E-state index in [1.54, 1.807) is 6.92 Å². The molecule has 0 aromatic heterocycles. The van der Waals surface area contributed by atoms with E-state index in [2.05, 4.69) is 5.32 Å². The van der Waals surface area contributed by atoms with Crippen LogP contribution >= 0.6 is 0 Å². The topological polar surface area (TPSA) is 217 Å². The van der Waals surface area contributed by atoms with Crippen molar-refractivity contribution in [3.05, 3.63) is 40.2 Å². The number of rotatable bonds is 6. The van der Waals surface area contributed by atoms with Crippen LogP contribution in [0.15, 0.2) is 29.0 Å². The fourth-order valence-electron chi connectivity index (χ4n) is 5.86. The number of carbonyl (C=O) groups excluding carboxylic acids is 5. The molecule has 1 fully saturated rings. The zero-order valence-electron chi connectivity index (χ0n) is 21.5. The molecule has 0 radical (unpaired) electrons. The first-order valence-corrected chi connectivity index (χ1v) is 12.2. The third kappa shape index (κ3) is 4.23. The number of nitrogens with zero attached hydrogens (tertiary/aromatic N) is 1. The third-order valence-electron chi connectivity index (χ3n) is 7.48. The Labute approximate surface area is 222 Å². The Morgan fingerprint density at radius 3 is 2.44 bits per heavy atom. The van der Waals surface area contributed by atoms with Crippen LogP contribution in [-0.4, -0.2) is 87.0 Å². The Balaban J connectivity index is 1.80. The van der Waals surface area contributed by atoms with Gasteiger partial charge in [0.25, 0.3) is 5.91 Å². The van der Waals surface area contributed by atoms with Crippen molar-refractivity contribution >= 4 is 40.8 Å². The van der Waals surface area contributed by atoms with Gasteiger partial charge in [0, 0.05) is 11.5 Å². The maximum absolute atomic E-state index is 13.8. The first-order chi connectivity index (χ1) is 18.2. The van der Waals surface area contributed by atoms with Gasteiger partial charge in [-0.3, -0.25) is 28.9 Å². The van der Waals surface area contributed by atoms with Crippen molar-refractivity contribution in [1.29, 1.82) is 0 Å². The van der Waals surface area contributed by atoms with Crippen molar-refractivity contribution in [2.24, 2.45) is 17.6 Å². The zero-order chi connectivity index (χ0) is 29.0. The van der Waals surface area contributed by atoms with E-state index in [0.717, 1.165) is 0 Å². The van der Waals surface area contributed by atoms with Crippen LogP contribution in [0.25, 0.3) is 5.76 Å². The SMILES string of the molecule is CCOC(=O)CC(=O)Nc1ccc2c(c1O)C(O)=C1C(=O)C3(O)C(O)=C(C(N)=O)C(=O)C(N(C)C)C3CC1C2. The molecule has 1 saturated carbocycles. The molecule has 39 heavy (non-hydrogen) atoms. The van der Waals surface area contributed by atoms with Gasteiger partial charge in [0.15, 0.2) is 11.4 Å². The highest BCUT2D eigenvalue weighted by atomic mass is 16.5. The van der Waals surface area contributed by atoms with E-state index < -0.39 is 82.1 Å². The van der Waals surface area contributed by atoms with Gasteiger partial charge in [0.2, 0.25) is 11.7 Å². The number of amides is 2. The Hall–Kier alpha value is -4.23. The summed E-state index contributed by atoms with van der Waals surface area (Å²) in [5.74, 6) is -9.19. The number of fused-ring (bicyclic) bond motifs is 3. The second kappa shape index (κ2) is 9.82. The van der Waals surface area contributed by atoms with Crippen LogP contribution in [0.4, 0.5) is 5.69 Å². The van der Waals surface area contributed by atoms with Gasteiger partial charge in [-0.2, -0.15) is 0 Å². The van der Waals surface area contributed by atoms with Gasteiger partial charge in [0.1, 0.15) is 29.3 Å². The van der Waals surface area contributed by atoms with Crippen molar-refractivity contribution in [2.45, 2.75) is 37.8 Å². The van der Waals surface area contributed by atoms with E-state index in [9.17, 15) is 44.4 Å². The molecule has 13 nitrogen and oxygen atoms in total. The molecule has 1 aromatic rings. The standard InChI is InChI=1S/C26H29N3O10/c1-4-39-15(31)9-14(30)28-13-6-5-10-7-11-8-12-19(29(2)3)22(34)18(25(27)37)24(36)26(12,38)23(35)17(11)21(33)16(10)20(13)32/h5-6,11-12,19,32-33,36,38H,4,7-9H2,1-3H3,(H2,27,37)(H,28,30). The number of aliphatic hydroxyl groups is 3. The molecule has 2 amide bonds. The minimum atomic E-state index is -2.74. The van der Waals surface area contributed by atoms with Crippen molar-refractivity contribution in [3.8, 4) is 5.75 Å². The maximum atomic E-state index is 13.8. The fraction of sp³-hybridized carbons (Fsp3) is 0.423. The molecule has 0 saturated heterocycles. The average Bonchev–Trinajstić information content (AvgIpc) is 2.82. The summed E-state index contributed by atoms with van der Waals surface area (Å²) in [5.41, 5.74) is 1.44. The zero-order valence-corrected chi connectivity index (χ0v) is 21.5. The number of esters is 1. The van der Waals surface area contributed by atoms with Gasteiger partial charge in [-0.25, -0.2) is 0 Å². The van der Waals surface area contributed by atoms with Crippen LogP contribution in [0.5, 0.6) is 5.75 Å². The first kappa shape index (κ1) is 27.8. The van der Waals surface area contributed by atoms with Crippen molar-refractivity contribution in [3.63, 3.8) is 0 Å². The van der Waals surface area contributed by atoms with Crippen LogP contribution in [0.1, 0.15) is 30.9 Å². The van der Waals surface area contributed by atoms with Crippen molar-refractivity contribution < 1.29 is 49.1 Å². The number of hydrogen-bond donors (Lipinski definition) is 6. The van der Waals surface area contributed by atoms with Crippen LogP contribution < -0.4 is 11.1 Å². The lowest BCUT2D eigenvalue weighted by Gasteiger charge is -2.50. The molecule has 13 heteroatoms. The van der Waals surface area contributed by atoms with Crippen molar-refractivity contribution in [2.75, 3.05) is 26.0 Å². The van der Waals surface area contributed by atoms with Gasteiger partial charge in [-0.1, -0.05) is 6.07 Å². The molecule has 0 bridgehead atoms. The molecule has 4 rings (SSSR count). The van der Waals surface area contributed by atoms with E-state index in [1.165, 1.54) is 31.1 Å². The number of hydrogen-bond acceptors (Lipinski definition) is 11. The highest BCUT2D eigenvalue weighted by Gasteiger charge is 2.64. The number of benzene rings is 1. The normalized spacial score (nSPS) is 26.1. The van der Waals surface area contributed by atoms with Crippen LogP contribution in [-0.2, 0) is 35.1 Å². The lowest BCUT2D eigenvalue weighted by molar-refractivity contribution is -0.154. The summed E-state index contributed by atoms with van der Waals surface area (Å²) in [5, 5.41) is 46.9. The van der Waals surface area contributed by atoms with Gasteiger partial charge >= 0.3 is 5.97 Å². The summed E-state index contributed by atoms with van der Waals surface area (Å²) < 4.78 is 4.72. The molecule has 3 aliphatic carbocycles. The summed E-state index contributed by atoms with van der Waals surface area (Å²) in [6.07, 6.45) is -0.546. The number of likely N-dealkylation sites (N-methyl/N-ethyl adjacent to an activating group) is 1. The van der Waals surface area contributed by atoms with Crippen molar-refractivity contribution in [1.82, 2.24) is 4.90 Å². The number of phenols is 1. The second-order valence-electron chi connectivity index (χ2n) is 9.99. The van der Waals surface area contributed by atoms with E-state index in [1.807, 2.05) is 0 Å². The Kier molecular flexibility index (Phi) is 7.00. The quantitative estimate of drug-likeness (QED) is 0.120. The van der Waals surface area contributed by atoms with E-state index in [4.69, 9.17) is 10.5 Å². The molecule has 0 aliphatic heterocycles. The molecule has 3 aliphatic rings. The molecular weight excluding hydrogens is 514 g/mol. The monoisotopic (exact) mass is 543 g/mol. The lowest BCUT2D eigenvalue weighted by atomic mass is 9.57. The number of aliphatic hydroxyl groups excluding tert-OH is 2.